The first-order valence-electron chi connectivity index (χ1n) is 4.80. The summed E-state index contributed by atoms with van der Waals surface area (Å²) < 4.78 is 1.70. The highest BCUT2D eigenvalue weighted by Gasteiger charge is 2.05. The van der Waals surface area contributed by atoms with Gasteiger partial charge in [-0.3, -0.25) is 0 Å². The van der Waals surface area contributed by atoms with Crippen LogP contribution < -0.4 is 5.73 Å². The van der Waals surface area contributed by atoms with E-state index in [1.54, 1.807) is 10.9 Å². The lowest BCUT2D eigenvalue weighted by Crippen LogP contribution is -2.01. The van der Waals surface area contributed by atoms with E-state index in [-0.39, 0.29) is 0 Å². The molecular weight excluding hydrogens is 190 g/mol. The van der Waals surface area contributed by atoms with Crippen LogP contribution in [0.5, 0.6) is 0 Å². The fourth-order valence-electron chi connectivity index (χ4n) is 1.22. The van der Waals surface area contributed by atoms with Gasteiger partial charge in [0.25, 0.3) is 0 Å². The molecule has 2 rings (SSSR count). The summed E-state index contributed by atoms with van der Waals surface area (Å²) in [6, 6.07) is 1.97. The average Bonchev–Trinajstić information content (AvgIpc) is 2.68. The number of nitrogens with two attached hydrogens (primary N) is 1. The molecule has 2 heterocycles. The summed E-state index contributed by atoms with van der Waals surface area (Å²) in [5.74, 6) is 1.50. The Hall–Kier alpha value is -1.91. The summed E-state index contributed by atoms with van der Waals surface area (Å²) in [5.41, 5.74) is 6.49. The fourth-order valence-corrected chi connectivity index (χ4v) is 1.22. The minimum atomic E-state index is 0.410. The van der Waals surface area contributed by atoms with Crippen LogP contribution in [0.1, 0.15) is 25.5 Å². The van der Waals surface area contributed by atoms with Crippen molar-refractivity contribution >= 4 is 5.82 Å². The van der Waals surface area contributed by atoms with Crippen molar-refractivity contribution in [3.05, 3.63) is 30.4 Å². The van der Waals surface area contributed by atoms with Gasteiger partial charge in [0.1, 0.15) is 5.82 Å². The Bertz CT molecular complexity index is 443. The van der Waals surface area contributed by atoms with Crippen LogP contribution in [-0.4, -0.2) is 19.7 Å². The highest BCUT2D eigenvalue weighted by Crippen LogP contribution is 2.12. The molecule has 0 radical (unpaired) electrons. The molecule has 5 heteroatoms. The molecule has 2 aromatic rings. The van der Waals surface area contributed by atoms with Crippen molar-refractivity contribution in [2.45, 2.75) is 19.8 Å². The molecule has 0 saturated carbocycles. The number of hydrogen-bond acceptors (Lipinski definition) is 4. The van der Waals surface area contributed by atoms with E-state index < -0.39 is 0 Å². The molecule has 2 aromatic heterocycles. The lowest BCUT2D eigenvalue weighted by atomic mass is 10.1. The van der Waals surface area contributed by atoms with Crippen molar-refractivity contribution < 1.29 is 0 Å². The minimum Gasteiger partial charge on any atom is -0.382 e. The van der Waals surface area contributed by atoms with Crippen molar-refractivity contribution in [2.75, 3.05) is 5.73 Å². The molecule has 78 valence electrons. The second-order valence-electron chi connectivity index (χ2n) is 3.64. The van der Waals surface area contributed by atoms with E-state index in [1.165, 1.54) is 6.20 Å². The van der Waals surface area contributed by atoms with Gasteiger partial charge in [-0.2, -0.15) is 5.10 Å². The standard InChI is InChI=1S/C10H13N5/c1-7(2)8-3-4-15(14-8)10-6-12-9(11)5-13-10/h3-7H,1-2H3,(H2,11,12). The van der Waals surface area contributed by atoms with Crippen LogP contribution in [-0.2, 0) is 0 Å². The first kappa shape index (κ1) is 9.64. The predicted octanol–water partition coefficient (Wildman–Crippen LogP) is 1.37. The Labute approximate surface area is 88.0 Å². The number of nitrogen functional groups attached to an aromatic ring is 1. The maximum absolute atomic E-state index is 5.45. The van der Waals surface area contributed by atoms with Crippen molar-refractivity contribution in [3.8, 4) is 5.82 Å². The molecule has 15 heavy (non-hydrogen) atoms. The molecule has 0 bridgehead atoms. The molecule has 5 nitrogen and oxygen atoms in total. The van der Waals surface area contributed by atoms with Crippen LogP contribution in [0.3, 0.4) is 0 Å². The van der Waals surface area contributed by atoms with Crippen molar-refractivity contribution in [1.29, 1.82) is 0 Å². The largest absolute Gasteiger partial charge is 0.382 e. The van der Waals surface area contributed by atoms with Gasteiger partial charge in [0, 0.05) is 6.20 Å². The fraction of sp³-hybridized carbons (Fsp3) is 0.300. The quantitative estimate of drug-likeness (QED) is 0.800. The number of hydrogen-bond donors (Lipinski definition) is 1. The molecule has 0 aromatic carbocycles. The van der Waals surface area contributed by atoms with Gasteiger partial charge in [-0.1, -0.05) is 13.8 Å². The lowest BCUT2D eigenvalue weighted by Gasteiger charge is -2.00. The first-order chi connectivity index (χ1) is 7.16. The Morgan fingerprint density at radius 1 is 1.27 bits per heavy atom. The van der Waals surface area contributed by atoms with Gasteiger partial charge in [-0.05, 0) is 12.0 Å². The summed E-state index contributed by atoms with van der Waals surface area (Å²) >= 11 is 0. The van der Waals surface area contributed by atoms with Crippen LogP contribution >= 0.6 is 0 Å². The molecule has 0 amide bonds. The van der Waals surface area contributed by atoms with E-state index in [0.29, 0.717) is 17.6 Å². The molecule has 0 unspecified atom stereocenters. The SMILES string of the molecule is CC(C)c1ccn(-c2cnc(N)cn2)n1. The normalized spacial score (nSPS) is 10.9. The van der Waals surface area contributed by atoms with Gasteiger partial charge < -0.3 is 5.73 Å². The van der Waals surface area contributed by atoms with Crippen LogP contribution in [0, 0.1) is 0 Å². The zero-order valence-electron chi connectivity index (χ0n) is 8.75. The van der Waals surface area contributed by atoms with Crippen molar-refractivity contribution in [2.24, 2.45) is 0 Å². The molecule has 0 aliphatic carbocycles. The van der Waals surface area contributed by atoms with E-state index in [2.05, 4.69) is 28.9 Å². The van der Waals surface area contributed by atoms with E-state index in [9.17, 15) is 0 Å². The molecule has 0 fully saturated rings. The Kier molecular flexibility index (Phi) is 2.37. The lowest BCUT2D eigenvalue weighted by molar-refractivity contribution is 0.755. The smallest absolute Gasteiger partial charge is 0.171 e. The zero-order valence-corrected chi connectivity index (χ0v) is 8.75. The average molecular weight is 203 g/mol. The molecule has 0 aliphatic rings. The summed E-state index contributed by atoms with van der Waals surface area (Å²) in [5, 5.41) is 4.38. The molecule has 0 spiro atoms. The van der Waals surface area contributed by atoms with E-state index in [4.69, 9.17) is 5.73 Å². The van der Waals surface area contributed by atoms with Crippen molar-refractivity contribution in [1.82, 2.24) is 19.7 Å². The van der Waals surface area contributed by atoms with Gasteiger partial charge in [-0.25, -0.2) is 14.6 Å². The predicted molar refractivity (Wildman–Crippen MR) is 57.7 cm³/mol. The minimum absolute atomic E-state index is 0.410. The highest BCUT2D eigenvalue weighted by molar-refractivity contribution is 5.28. The summed E-state index contributed by atoms with van der Waals surface area (Å²) in [4.78, 5) is 8.10. The molecule has 0 aliphatic heterocycles. The number of anilines is 1. The van der Waals surface area contributed by atoms with E-state index in [1.807, 2.05) is 12.3 Å². The summed E-state index contributed by atoms with van der Waals surface area (Å²) in [6.45, 7) is 4.20. The Morgan fingerprint density at radius 2 is 2.07 bits per heavy atom. The molecule has 2 N–H and O–H groups in total. The third kappa shape index (κ3) is 1.96. The topological polar surface area (TPSA) is 69.6 Å². The Balaban J connectivity index is 2.33. The van der Waals surface area contributed by atoms with Crippen LogP contribution in [0.15, 0.2) is 24.7 Å². The summed E-state index contributed by atoms with van der Waals surface area (Å²) in [6.07, 6.45) is 4.99. The van der Waals surface area contributed by atoms with Gasteiger partial charge in [-0.15, -0.1) is 0 Å². The maximum atomic E-state index is 5.45. The molecular formula is C10H13N5. The number of aromatic nitrogens is 4. The molecule has 0 saturated heterocycles. The second kappa shape index (κ2) is 3.68. The van der Waals surface area contributed by atoms with Gasteiger partial charge in [0.15, 0.2) is 5.82 Å². The third-order valence-corrected chi connectivity index (χ3v) is 2.09. The first-order valence-corrected chi connectivity index (χ1v) is 4.80. The van der Waals surface area contributed by atoms with Gasteiger partial charge in [0.05, 0.1) is 18.1 Å². The van der Waals surface area contributed by atoms with Gasteiger partial charge in [0.2, 0.25) is 0 Å². The zero-order chi connectivity index (χ0) is 10.8. The Morgan fingerprint density at radius 3 is 2.60 bits per heavy atom. The van der Waals surface area contributed by atoms with Gasteiger partial charge >= 0.3 is 0 Å². The van der Waals surface area contributed by atoms with Crippen LogP contribution in [0.2, 0.25) is 0 Å². The maximum Gasteiger partial charge on any atom is 0.171 e. The van der Waals surface area contributed by atoms with Crippen LogP contribution in [0.4, 0.5) is 5.82 Å². The number of rotatable bonds is 2. The molecule has 0 atom stereocenters. The second-order valence-corrected chi connectivity index (χ2v) is 3.64. The highest BCUT2D eigenvalue weighted by atomic mass is 15.3. The summed E-state index contributed by atoms with van der Waals surface area (Å²) in [7, 11) is 0. The van der Waals surface area contributed by atoms with E-state index in [0.717, 1.165) is 5.69 Å². The van der Waals surface area contributed by atoms with Crippen molar-refractivity contribution in [3.63, 3.8) is 0 Å². The van der Waals surface area contributed by atoms with E-state index >= 15 is 0 Å². The third-order valence-electron chi connectivity index (χ3n) is 2.09. The van der Waals surface area contributed by atoms with Crippen LogP contribution in [0.25, 0.3) is 5.82 Å². The number of nitrogens with zero attached hydrogens (tertiary/aromatic N) is 4. The monoisotopic (exact) mass is 203 g/mol.